The lowest BCUT2D eigenvalue weighted by Crippen LogP contribution is -2.57. The number of rotatable bonds is 6. The van der Waals surface area contributed by atoms with Gasteiger partial charge in [0.2, 0.25) is 0 Å². The lowest BCUT2D eigenvalue weighted by molar-refractivity contribution is 0.0525. The minimum Gasteiger partial charge on any atom is -0.345 e. The number of amides is 1. The van der Waals surface area contributed by atoms with Crippen LogP contribution >= 0.6 is 22.9 Å². The van der Waals surface area contributed by atoms with Crippen LogP contribution in [0.25, 0.3) is 10.9 Å². The van der Waals surface area contributed by atoms with Gasteiger partial charge in [0.25, 0.3) is 15.9 Å². The Hall–Kier alpha value is -2.02. The molecule has 2 aromatic heterocycles. The van der Waals surface area contributed by atoms with E-state index in [1.807, 2.05) is 4.90 Å². The predicted molar refractivity (Wildman–Crippen MR) is 154 cm³/mol. The summed E-state index contributed by atoms with van der Waals surface area (Å²) in [6.07, 6.45) is 5.18. The summed E-state index contributed by atoms with van der Waals surface area (Å²) in [6, 6.07) is 7.05. The molecule has 6 rings (SSSR count). The average Bonchev–Trinajstić information content (AvgIpc) is 3.56. The van der Waals surface area contributed by atoms with Crippen LogP contribution in [0.2, 0.25) is 5.02 Å². The van der Waals surface area contributed by atoms with Crippen LogP contribution in [0.3, 0.4) is 0 Å². The smallest absolute Gasteiger partial charge is 0.283 e. The fraction of sp³-hybridized carbons (Fsp3) is 0.556. The van der Waals surface area contributed by atoms with Crippen LogP contribution < -0.4 is 5.32 Å². The third-order valence-corrected chi connectivity index (χ3v) is 11.3. The van der Waals surface area contributed by atoms with Gasteiger partial charge in [0.15, 0.2) is 5.01 Å². The molecule has 2 atom stereocenters. The number of carbonyl (C=O) groups is 1. The van der Waals surface area contributed by atoms with Crippen LogP contribution in [0.1, 0.15) is 53.0 Å². The first kappa shape index (κ1) is 27.2. The molecule has 0 spiro atoms. The quantitative estimate of drug-likeness (QED) is 0.454. The molecule has 1 amide bonds. The molecule has 0 bridgehead atoms. The molecule has 9 nitrogen and oxygen atoms in total. The van der Waals surface area contributed by atoms with E-state index in [1.54, 1.807) is 24.3 Å². The summed E-state index contributed by atoms with van der Waals surface area (Å²) in [5.41, 5.74) is 1.74. The van der Waals surface area contributed by atoms with E-state index in [4.69, 9.17) is 16.6 Å². The van der Waals surface area contributed by atoms with Gasteiger partial charge in [0.05, 0.1) is 5.69 Å². The first-order valence-corrected chi connectivity index (χ1v) is 16.4. The number of likely N-dealkylation sites (tertiary alicyclic amines) is 1. The van der Waals surface area contributed by atoms with Crippen molar-refractivity contribution in [2.45, 2.75) is 62.7 Å². The molecule has 3 aromatic rings. The number of aromatic amines is 1. The number of piperidine rings is 1. The monoisotopic (exact) mass is 590 g/mol. The molecular formula is C27H35ClN6O3S2. The molecule has 2 fully saturated rings. The maximum Gasteiger partial charge on any atom is 0.283 e. The highest BCUT2D eigenvalue weighted by molar-refractivity contribution is 7.89. The number of halogens is 1. The van der Waals surface area contributed by atoms with Crippen molar-refractivity contribution in [2.75, 3.05) is 39.3 Å². The second kappa shape index (κ2) is 11.1. The number of sulfonamides is 1. The van der Waals surface area contributed by atoms with Crippen molar-refractivity contribution in [1.82, 2.24) is 29.4 Å². The van der Waals surface area contributed by atoms with Crippen molar-refractivity contribution in [3.05, 3.63) is 44.9 Å². The molecule has 3 aliphatic heterocycles. The van der Waals surface area contributed by atoms with Gasteiger partial charge in [-0.25, -0.2) is 13.4 Å². The lowest BCUT2D eigenvalue weighted by atomic mass is 10.1. The number of piperazine rings is 1. The Bertz CT molecular complexity index is 1470. The van der Waals surface area contributed by atoms with E-state index in [2.05, 4.69) is 22.1 Å². The maximum atomic E-state index is 13.8. The summed E-state index contributed by atoms with van der Waals surface area (Å²) < 4.78 is 29.0. The molecule has 210 valence electrons. The number of nitrogens with one attached hydrogen (secondary N) is 2. The molecular weight excluding hydrogens is 556 g/mol. The normalized spacial score (nSPS) is 23.3. The topological polar surface area (TPSA) is 102 Å². The number of carbonyl (C=O) groups excluding carboxylic acids is 1. The summed E-state index contributed by atoms with van der Waals surface area (Å²) in [6.45, 7) is 6.69. The molecule has 0 saturated carbocycles. The Morgan fingerprint density at radius 1 is 1.15 bits per heavy atom. The number of hydrogen-bond acceptors (Lipinski definition) is 7. The third-order valence-electron chi connectivity index (χ3n) is 8.18. The SMILES string of the molecule is CC1Cc2nc(C(=O)N3CCN(S(=O)(=O)c4cc5cc(Cl)ccc5[nH]4)CC3CCN3CCCCC3)sc2CN1. The number of thiazole rings is 1. The van der Waals surface area contributed by atoms with Gasteiger partial charge in [0, 0.05) is 72.0 Å². The van der Waals surface area contributed by atoms with E-state index in [0.717, 1.165) is 60.5 Å². The fourth-order valence-corrected chi connectivity index (χ4v) is 8.61. The van der Waals surface area contributed by atoms with Crippen molar-refractivity contribution in [3.63, 3.8) is 0 Å². The number of H-pyrrole nitrogens is 1. The standard InChI is InChI=1S/C27H35ClN6O3S2/c1-18-13-23-24(16-29-18)38-26(31-23)27(35)34-12-11-33(17-21(34)7-10-32-8-3-2-4-9-32)39(36,37)25-15-19-14-20(28)5-6-22(19)30-25/h5-6,14-15,18,21,29-30H,2-4,7-13,16-17H2,1H3. The molecule has 39 heavy (non-hydrogen) atoms. The van der Waals surface area contributed by atoms with E-state index in [0.29, 0.717) is 22.6 Å². The van der Waals surface area contributed by atoms with E-state index < -0.39 is 10.0 Å². The Labute approximate surface area is 238 Å². The fourth-order valence-electron chi connectivity index (χ4n) is 5.95. The van der Waals surface area contributed by atoms with Crippen LogP contribution in [0.15, 0.2) is 29.3 Å². The van der Waals surface area contributed by atoms with Crippen molar-refractivity contribution in [3.8, 4) is 0 Å². The van der Waals surface area contributed by atoms with Gasteiger partial charge in [-0.15, -0.1) is 11.3 Å². The molecule has 2 N–H and O–H groups in total. The molecule has 2 unspecified atom stereocenters. The molecule has 1 aromatic carbocycles. The number of nitrogens with zero attached hydrogens (tertiary/aromatic N) is 4. The average molecular weight is 591 g/mol. The summed E-state index contributed by atoms with van der Waals surface area (Å²) in [4.78, 5) is 27.0. The highest BCUT2D eigenvalue weighted by Gasteiger charge is 2.38. The van der Waals surface area contributed by atoms with Crippen LogP contribution in [0, 0.1) is 0 Å². The zero-order chi connectivity index (χ0) is 27.1. The van der Waals surface area contributed by atoms with E-state index in [1.165, 1.54) is 34.9 Å². The summed E-state index contributed by atoms with van der Waals surface area (Å²) in [5, 5.41) is 5.43. The summed E-state index contributed by atoms with van der Waals surface area (Å²) >= 11 is 7.59. The second-order valence-corrected chi connectivity index (χ2v) is 14.4. The third kappa shape index (κ3) is 5.62. The Morgan fingerprint density at radius 3 is 2.79 bits per heavy atom. The number of benzene rings is 1. The largest absolute Gasteiger partial charge is 0.345 e. The number of aromatic nitrogens is 2. The zero-order valence-electron chi connectivity index (χ0n) is 22.2. The minimum atomic E-state index is -3.77. The first-order valence-electron chi connectivity index (χ1n) is 13.8. The summed E-state index contributed by atoms with van der Waals surface area (Å²) in [5.74, 6) is -0.0806. The highest BCUT2D eigenvalue weighted by Crippen LogP contribution is 2.29. The second-order valence-electron chi connectivity index (χ2n) is 10.9. The van der Waals surface area contributed by atoms with Crippen LogP contribution in [-0.2, 0) is 23.0 Å². The Balaban J connectivity index is 1.24. The molecule has 5 heterocycles. The van der Waals surface area contributed by atoms with Gasteiger partial charge in [-0.3, -0.25) is 4.79 Å². The highest BCUT2D eigenvalue weighted by atomic mass is 35.5. The van der Waals surface area contributed by atoms with Crippen molar-refractivity contribution < 1.29 is 13.2 Å². The van der Waals surface area contributed by atoms with Crippen molar-refractivity contribution in [2.24, 2.45) is 0 Å². The Morgan fingerprint density at radius 2 is 1.97 bits per heavy atom. The van der Waals surface area contributed by atoms with Gasteiger partial charge >= 0.3 is 0 Å². The zero-order valence-corrected chi connectivity index (χ0v) is 24.5. The van der Waals surface area contributed by atoms with E-state index >= 15 is 0 Å². The van der Waals surface area contributed by atoms with Crippen LogP contribution in [0.4, 0.5) is 0 Å². The number of fused-ring (bicyclic) bond motifs is 2. The Kier molecular flexibility index (Phi) is 7.73. The maximum absolute atomic E-state index is 13.8. The van der Waals surface area contributed by atoms with Crippen molar-refractivity contribution in [1.29, 1.82) is 0 Å². The first-order chi connectivity index (χ1) is 18.8. The van der Waals surface area contributed by atoms with E-state index in [-0.39, 0.29) is 30.1 Å². The molecule has 0 radical (unpaired) electrons. The molecule has 12 heteroatoms. The predicted octanol–water partition coefficient (Wildman–Crippen LogP) is 3.70. The van der Waals surface area contributed by atoms with Crippen molar-refractivity contribution >= 4 is 49.8 Å². The van der Waals surface area contributed by atoms with Crippen LogP contribution in [0.5, 0.6) is 0 Å². The van der Waals surface area contributed by atoms with Gasteiger partial charge in [-0.1, -0.05) is 18.0 Å². The number of hydrogen-bond donors (Lipinski definition) is 2. The van der Waals surface area contributed by atoms with Gasteiger partial charge < -0.3 is 20.1 Å². The van der Waals surface area contributed by atoms with Gasteiger partial charge in [-0.2, -0.15) is 4.31 Å². The van der Waals surface area contributed by atoms with Gasteiger partial charge in [0.1, 0.15) is 5.03 Å². The van der Waals surface area contributed by atoms with Crippen LogP contribution in [-0.4, -0.2) is 89.8 Å². The van der Waals surface area contributed by atoms with E-state index in [9.17, 15) is 13.2 Å². The molecule has 3 aliphatic rings. The molecule has 0 aliphatic carbocycles. The summed E-state index contributed by atoms with van der Waals surface area (Å²) in [7, 11) is -3.77. The minimum absolute atomic E-state index is 0.0806. The molecule has 2 saturated heterocycles. The van der Waals surface area contributed by atoms with Gasteiger partial charge in [-0.05, 0) is 63.5 Å². The lowest BCUT2D eigenvalue weighted by Gasteiger charge is -2.41.